The first-order valence-electron chi connectivity index (χ1n) is 6.29. The lowest BCUT2D eigenvalue weighted by Crippen LogP contribution is -2.11. The highest BCUT2D eigenvalue weighted by molar-refractivity contribution is 5.58. The van der Waals surface area contributed by atoms with Crippen LogP contribution in [0.2, 0.25) is 0 Å². The molecule has 0 saturated carbocycles. The van der Waals surface area contributed by atoms with Gasteiger partial charge in [0.2, 0.25) is 0 Å². The third-order valence-electron chi connectivity index (χ3n) is 3.10. The Balaban J connectivity index is 2.45. The van der Waals surface area contributed by atoms with Crippen LogP contribution in [0.4, 0.5) is 0 Å². The maximum atomic E-state index is 5.23. The van der Waals surface area contributed by atoms with Crippen LogP contribution in [0.5, 0.6) is 5.75 Å². The third kappa shape index (κ3) is 2.90. The van der Waals surface area contributed by atoms with Crippen molar-refractivity contribution < 1.29 is 4.74 Å². The first-order chi connectivity index (χ1) is 9.15. The molecule has 0 aliphatic rings. The normalized spacial score (nSPS) is 10.5. The summed E-state index contributed by atoms with van der Waals surface area (Å²) in [6, 6.07) is 7.81. The van der Waals surface area contributed by atoms with E-state index in [1.54, 1.807) is 7.11 Å². The highest BCUT2D eigenvalue weighted by Gasteiger charge is 2.09. The van der Waals surface area contributed by atoms with Gasteiger partial charge in [0.05, 0.1) is 7.11 Å². The molecule has 0 radical (unpaired) electrons. The zero-order valence-electron chi connectivity index (χ0n) is 11.8. The molecule has 0 fully saturated rings. The molecule has 0 aliphatic carbocycles. The largest absolute Gasteiger partial charge is 0.497 e. The highest BCUT2D eigenvalue weighted by atomic mass is 16.5. The smallest absolute Gasteiger partial charge is 0.159 e. The fraction of sp³-hybridized carbons (Fsp3) is 0.333. The minimum atomic E-state index is 0.744. The molecular weight excluding hydrogens is 238 g/mol. The molecule has 0 unspecified atom stereocenters. The van der Waals surface area contributed by atoms with Crippen LogP contribution in [0.3, 0.4) is 0 Å². The first-order valence-corrected chi connectivity index (χ1v) is 6.29. The van der Waals surface area contributed by atoms with Gasteiger partial charge in [0.1, 0.15) is 5.75 Å². The second kappa shape index (κ2) is 5.80. The van der Waals surface area contributed by atoms with Gasteiger partial charge in [-0.2, -0.15) is 0 Å². The van der Waals surface area contributed by atoms with Crippen LogP contribution in [-0.2, 0) is 6.54 Å². The van der Waals surface area contributed by atoms with E-state index in [-0.39, 0.29) is 0 Å². The molecule has 1 aromatic heterocycles. The van der Waals surface area contributed by atoms with Gasteiger partial charge in [-0.25, -0.2) is 9.97 Å². The van der Waals surface area contributed by atoms with Crippen molar-refractivity contribution in [1.82, 2.24) is 15.3 Å². The van der Waals surface area contributed by atoms with E-state index in [9.17, 15) is 0 Å². The van der Waals surface area contributed by atoms with E-state index in [1.807, 2.05) is 45.2 Å². The maximum absolute atomic E-state index is 5.23. The van der Waals surface area contributed by atoms with Crippen molar-refractivity contribution in [3.8, 4) is 17.1 Å². The fourth-order valence-corrected chi connectivity index (χ4v) is 2.06. The first kappa shape index (κ1) is 13.5. The Morgan fingerprint density at radius 1 is 1.16 bits per heavy atom. The van der Waals surface area contributed by atoms with Gasteiger partial charge in [0.15, 0.2) is 5.82 Å². The molecule has 19 heavy (non-hydrogen) atoms. The molecule has 0 atom stereocenters. The Bertz CT molecular complexity index is 558. The van der Waals surface area contributed by atoms with Crippen LogP contribution in [0.15, 0.2) is 24.3 Å². The van der Waals surface area contributed by atoms with Crippen LogP contribution in [0, 0.1) is 13.8 Å². The molecule has 1 N–H and O–H groups in total. The molecule has 0 spiro atoms. The minimum absolute atomic E-state index is 0.744. The average molecular weight is 257 g/mol. The molecule has 2 rings (SSSR count). The summed E-state index contributed by atoms with van der Waals surface area (Å²) in [6.07, 6.45) is 0. The number of methoxy groups -OCH3 is 1. The number of nitrogens with one attached hydrogen (secondary N) is 1. The number of hydrogen-bond donors (Lipinski definition) is 1. The number of rotatable bonds is 4. The van der Waals surface area contributed by atoms with Crippen molar-refractivity contribution in [1.29, 1.82) is 0 Å². The quantitative estimate of drug-likeness (QED) is 0.914. The molecule has 4 nitrogen and oxygen atoms in total. The fourth-order valence-electron chi connectivity index (χ4n) is 2.06. The van der Waals surface area contributed by atoms with Crippen molar-refractivity contribution in [3.05, 3.63) is 41.2 Å². The molecule has 0 saturated heterocycles. The number of nitrogens with zero attached hydrogens (tertiary/aromatic N) is 2. The molecule has 100 valence electrons. The topological polar surface area (TPSA) is 47.0 Å². The predicted octanol–water partition coefficient (Wildman–Crippen LogP) is 2.49. The van der Waals surface area contributed by atoms with E-state index in [4.69, 9.17) is 4.74 Å². The molecule has 2 aromatic rings. The molecule has 4 heteroatoms. The van der Waals surface area contributed by atoms with Gasteiger partial charge in [0, 0.05) is 29.1 Å². The van der Waals surface area contributed by atoms with Gasteiger partial charge < -0.3 is 10.1 Å². The predicted molar refractivity (Wildman–Crippen MR) is 76.3 cm³/mol. The number of aromatic nitrogens is 2. The lowest BCUT2D eigenvalue weighted by molar-refractivity contribution is 0.415. The molecule has 1 aromatic carbocycles. The zero-order chi connectivity index (χ0) is 13.8. The number of aryl methyl sites for hydroxylation is 2. The molecule has 0 amide bonds. The van der Waals surface area contributed by atoms with E-state index in [1.165, 1.54) is 0 Å². The average Bonchev–Trinajstić information content (AvgIpc) is 2.42. The van der Waals surface area contributed by atoms with Gasteiger partial charge in [-0.3, -0.25) is 0 Å². The van der Waals surface area contributed by atoms with Crippen molar-refractivity contribution in [2.45, 2.75) is 20.4 Å². The zero-order valence-corrected chi connectivity index (χ0v) is 11.8. The summed E-state index contributed by atoms with van der Waals surface area (Å²) < 4.78 is 5.23. The summed E-state index contributed by atoms with van der Waals surface area (Å²) in [5, 5.41) is 3.14. The molecule has 1 heterocycles. The summed E-state index contributed by atoms with van der Waals surface area (Å²) in [4.78, 5) is 9.18. The summed E-state index contributed by atoms with van der Waals surface area (Å²) in [5.41, 5.74) is 4.16. The van der Waals surface area contributed by atoms with Crippen LogP contribution >= 0.6 is 0 Å². The number of hydrogen-bond acceptors (Lipinski definition) is 4. The summed E-state index contributed by atoms with van der Waals surface area (Å²) in [7, 11) is 3.58. The van der Waals surface area contributed by atoms with E-state index in [0.717, 1.165) is 40.6 Å². The second-order valence-electron chi connectivity index (χ2n) is 4.46. The second-order valence-corrected chi connectivity index (χ2v) is 4.46. The SMILES string of the molecule is CNCc1c(C)nc(-c2cccc(OC)c2)nc1C. The van der Waals surface area contributed by atoms with Crippen molar-refractivity contribution >= 4 is 0 Å². The van der Waals surface area contributed by atoms with E-state index >= 15 is 0 Å². The third-order valence-corrected chi connectivity index (χ3v) is 3.10. The van der Waals surface area contributed by atoms with E-state index in [0.29, 0.717) is 0 Å². The maximum Gasteiger partial charge on any atom is 0.159 e. The Labute approximate surface area is 113 Å². The van der Waals surface area contributed by atoms with Gasteiger partial charge >= 0.3 is 0 Å². The Morgan fingerprint density at radius 3 is 2.42 bits per heavy atom. The highest BCUT2D eigenvalue weighted by Crippen LogP contribution is 2.22. The molecule has 0 bridgehead atoms. The lowest BCUT2D eigenvalue weighted by Gasteiger charge is -2.11. The summed E-state index contributed by atoms with van der Waals surface area (Å²) in [5.74, 6) is 1.56. The van der Waals surface area contributed by atoms with Crippen LogP contribution in [0.25, 0.3) is 11.4 Å². The number of ether oxygens (including phenoxy) is 1. The van der Waals surface area contributed by atoms with Crippen LogP contribution in [0.1, 0.15) is 17.0 Å². The van der Waals surface area contributed by atoms with Crippen molar-refractivity contribution in [2.75, 3.05) is 14.2 Å². The van der Waals surface area contributed by atoms with Gasteiger partial charge in [0.25, 0.3) is 0 Å². The standard InChI is InChI=1S/C15H19N3O/c1-10-14(9-16-3)11(2)18-15(17-10)12-6-5-7-13(8-12)19-4/h5-8,16H,9H2,1-4H3. The minimum Gasteiger partial charge on any atom is -0.497 e. The van der Waals surface area contributed by atoms with Gasteiger partial charge in [-0.1, -0.05) is 12.1 Å². The van der Waals surface area contributed by atoms with Crippen LogP contribution < -0.4 is 10.1 Å². The van der Waals surface area contributed by atoms with Crippen molar-refractivity contribution in [2.24, 2.45) is 0 Å². The Kier molecular flexibility index (Phi) is 4.12. The molecular formula is C15H19N3O. The van der Waals surface area contributed by atoms with E-state index < -0.39 is 0 Å². The summed E-state index contributed by atoms with van der Waals surface area (Å²) in [6.45, 7) is 4.83. The monoisotopic (exact) mass is 257 g/mol. The lowest BCUT2D eigenvalue weighted by atomic mass is 10.1. The Hall–Kier alpha value is -1.94. The molecule has 0 aliphatic heterocycles. The Morgan fingerprint density at radius 2 is 1.84 bits per heavy atom. The van der Waals surface area contributed by atoms with Gasteiger partial charge in [-0.15, -0.1) is 0 Å². The van der Waals surface area contributed by atoms with Crippen molar-refractivity contribution in [3.63, 3.8) is 0 Å². The van der Waals surface area contributed by atoms with Gasteiger partial charge in [-0.05, 0) is 33.0 Å². The number of benzene rings is 1. The van der Waals surface area contributed by atoms with Crippen LogP contribution in [-0.4, -0.2) is 24.1 Å². The van der Waals surface area contributed by atoms with E-state index in [2.05, 4.69) is 15.3 Å². The summed E-state index contributed by atoms with van der Waals surface area (Å²) >= 11 is 0.